The number of hydrogen-bond acceptors (Lipinski definition) is 5. The van der Waals surface area contributed by atoms with E-state index in [9.17, 15) is 8.42 Å². The minimum atomic E-state index is -3.66. The molecule has 0 radical (unpaired) electrons. The first-order chi connectivity index (χ1) is 10.9. The van der Waals surface area contributed by atoms with E-state index >= 15 is 0 Å². The van der Waals surface area contributed by atoms with Crippen LogP contribution in [-0.4, -0.2) is 20.5 Å². The van der Waals surface area contributed by atoms with Crippen LogP contribution < -0.4 is 9.46 Å². The van der Waals surface area contributed by atoms with Crippen molar-refractivity contribution in [3.8, 4) is 5.75 Å². The normalized spacial score (nSPS) is 11.6. The zero-order chi connectivity index (χ0) is 16.6. The Labute approximate surface area is 139 Å². The molecule has 0 atom stereocenters. The van der Waals surface area contributed by atoms with Crippen molar-refractivity contribution in [3.63, 3.8) is 0 Å². The molecule has 0 unspecified atom stereocenters. The Kier molecular flexibility index (Phi) is 3.99. The van der Waals surface area contributed by atoms with Gasteiger partial charge in [0.05, 0.1) is 16.7 Å². The van der Waals surface area contributed by atoms with Gasteiger partial charge in [-0.25, -0.2) is 13.4 Å². The lowest BCUT2D eigenvalue weighted by Crippen LogP contribution is -2.12. The summed E-state index contributed by atoms with van der Waals surface area (Å²) in [6, 6.07) is 10.5. The van der Waals surface area contributed by atoms with Crippen LogP contribution in [0.5, 0.6) is 5.75 Å². The number of ether oxygens (including phenoxy) is 1. The summed E-state index contributed by atoms with van der Waals surface area (Å²) in [7, 11) is -2.09. The Morgan fingerprint density at radius 1 is 1.17 bits per heavy atom. The second-order valence-electron chi connectivity index (χ2n) is 5.20. The van der Waals surface area contributed by atoms with Crippen molar-refractivity contribution >= 4 is 36.7 Å². The maximum absolute atomic E-state index is 12.5. The minimum absolute atomic E-state index is 0.223. The number of hydrogen-bond donors (Lipinski definition) is 1. The van der Waals surface area contributed by atoms with Crippen LogP contribution in [0.4, 0.5) is 5.13 Å². The molecule has 0 spiro atoms. The number of benzene rings is 2. The molecule has 0 fully saturated rings. The van der Waals surface area contributed by atoms with Gasteiger partial charge in [0.2, 0.25) is 0 Å². The SMILES string of the molecule is COc1ccc(C)c2sc(NS(=O)(=O)c3cccc(C)c3)nc12. The summed E-state index contributed by atoms with van der Waals surface area (Å²) in [5, 5.41) is 0.328. The van der Waals surface area contributed by atoms with E-state index in [0.29, 0.717) is 16.4 Å². The fraction of sp³-hybridized carbons (Fsp3) is 0.188. The van der Waals surface area contributed by atoms with Gasteiger partial charge in [-0.3, -0.25) is 4.72 Å². The van der Waals surface area contributed by atoms with Crippen LogP contribution in [-0.2, 0) is 10.0 Å². The highest BCUT2D eigenvalue weighted by molar-refractivity contribution is 7.93. The molecule has 0 aliphatic carbocycles. The third kappa shape index (κ3) is 3.02. The first-order valence-corrected chi connectivity index (χ1v) is 9.24. The van der Waals surface area contributed by atoms with Gasteiger partial charge in [0.25, 0.3) is 10.0 Å². The minimum Gasteiger partial charge on any atom is -0.494 e. The van der Waals surface area contributed by atoms with Gasteiger partial charge in [-0.2, -0.15) is 0 Å². The fourth-order valence-electron chi connectivity index (χ4n) is 2.27. The van der Waals surface area contributed by atoms with Gasteiger partial charge >= 0.3 is 0 Å². The molecule has 0 saturated heterocycles. The van der Waals surface area contributed by atoms with Crippen LogP contribution in [0.25, 0.3) is 10.2 Å². The number of nitrogens with one attached hydrogen (secondary N) is 1. The van der Waals surface area contributed by atoms with Gasteiger partial charge in [0.1, 0.15) is 11.3 Å². The number of aryl methyl sites for hydroxylation is 2. The number of nitrogens with zero attached hydrogens (tertiary/aromatic N) is 1. The Hall–Kier alpha value is -2.12. The monoisotopic (exact) mass is 348 g/mol. The second kappa shape index (κ2) is 5.82. The maximum atomic E-state index is 12.5. The van der Waals surface area contributed by atoms with Crippen LogP contribution in [0.15, 0.2) is 41.3 Å². The van der Waals surface area contributed by atoms with Crippen LogP contribution >= 0.6 is 11.3 Å². The third-order valence-electron chi connectivity index (χ3n) is 3.44. The van der Waals surface area contributed by atoms with Gasteiger partial charge in [0.15, 0.2) is 5.13 Å². The molecular weight excluding hydrogens is 332 g/mol. The molecule has 3 aromatic rings. The zero-order valence-corrected chi connectivity index (χ0v) is 14.6. The number of rotatable bonds is 4. The van der Waals surface area contributed by atoms with E-state index in [1.807, 2.05) is 32.0 Å². The maximum Gasteiger partial charge on any atom is 0.263 e. The Bertz CT molecular complexity index is 978. The highest BCUT2D eigenvalue weighted by atomic mass is 32.2. The van der Waals surface area contributed by atoms with E-state index in [2.05, 4.69) is 9.71 Å². The summed E-state index contributed by atoms with van der Waals surface area (Å²) in [5.41, 5.74) is 2.58. The third-order valence-corrected chi connectivity index (χ3v) is 6.02. The summed E-state index contributed by atoms with van der Waals surface area (Å²) < 4.78 is 33.7. The summed E-state index contributed by atoms with van der Waals surface area (Å²) in [6.45, 7) is 3.81. The van der Waals surface area contributed by atoms with Crippen molar-refractivity contribution in [2.75, 3.05) is 11.8 Å². The standard InChI is InChI=1S/C16H16N2O3S2/c1-10-5-4-6-12(9-10)23(19,20)18-16-17-14-13(21-3)8-7-11(2)15(14)22-16/h4-9H,1-3H3,(H,17,18). The Morgan fingerprint density at radius 2 is 1.96 bits per heavy atom. The van der Waals surface area contributed by atoms with E-state index in [1.54, 1.807) is 25.3 Å². The van der Waals surface area contributed by atoms with Gasteiger partial charge < -0.3 is 4.74 Å². The van der Waals surface area contributed by atoms with Crippen LogP contribution in [0.3, 0.4) is 0 Å². The van der Waals surface area contributed by atoms with Gasteiger partial charge in [-0.15, -0.1) is 0 Å². The average molecular weight is 348 g/mol. The van der Waals surface area contributed by atoms with Crippen LogP contribution in [0.1, 0.15) is 11.1 Å². The zero-order valence-electron chi connectivity index (χ0n) is 13.0. The molecule has 0 bridgehead atoms. The predicted octanol–water partition coefficient (Wildman–Crippen LogP) is 3.72. The molecule has 0 aliphatic heterocycles. The first-order valence-electron chi connectivity index (χ1n) is 6.94. The lowest BCUT2D eigenvalue weighted by molar-refractivity contribution is 0.419. The highest BCUT2D eigenvalue weighted by Crippen LogP contribution is 2.35. The van der Waals surface area contributed by atoms with E-state index in [4.69, 9.17) is 4.74 Å². The number of fused-ring (bicyclic) bond motifs is 1. The molecular formula is C16H16N2O3S2. The van der Waals surface area contributed by atoms with Crippen molar-refractivity contribution in [2.24, 2.45) is 0 Å². The highest BCUT2D eigenvalue weighted by Gasteiger charge is 2.18. The topological polar surface area (TPSA) is 68.3 Å². The summed E-state index contributed by atoms with van der Waals surface area (Å²) >= 11 is 1.30. The molecule has 120 valence electrons. The molecule has 0 amide bonds. The Morgan fingerprint density at radius 3 is 2.65 bits per heavy atom. The van der Waals surface area contributed by atoms with Crippen molar-refractivity contribution in [2.45, 2.75) is 18.7 Å². The van der Waals surface area contributed by atoms with E-state index in [1.165, 1.54) is 11.3 Å². The summed E-state index contributed by atoms with van der Waals surface area (Å²) in [4.78, 5) is 4.60. The quantitative estimate of drug-likeness (QED) is 0.780. The summed E-state index contributed by atoms with van der Waals surface area (Å²) in [5.74, 6) is 0.628. The first kappa shape index (κ1) is 15.8. The molecule has 2 aromatic carbocycles. The number of aromatic nitrogens is 1. The van der Waals surface area contributed by atoms with E-state index in [0.717, 1.165) is 15.8 Å². The van der Waals surface area contributed by atoms with Crippen LogP contribution in [0, 0.1) is 13.8 Å². The van der Waals surface area contributed by atoms with Gasteiger partial charge in [0, 0.05) is 0 Å². The number of thiazole rings is 1. The Balaban J connectivity index is 2.03. The predicted molar refractivity (Wildman–Crippen MR) is 92.9 cm³/mol. The average Bonchev–Trinajstić information content (AvgIpc) is 2.91. The number of anilines is 1. The molecule has 0 aliphatic rings. The van der Waals surface area contributed by atoms with Crippen molar-refractivity contribution in [3.05, 3.63) is 47.5 Å². The molecule has 7 heteroatoms. The lowest BCUT2D eigenvalue weighted by atomic mass is 10.2. The van der Waals surface area contributed by atoms with Gasteiger partial charge in [-0.05, 0) is 43.2 Å². The van der Waals surface area contributed by atoms with Gasteiger partial charge in [-0.1, -0.05) is 29.5 Å². The molecule has 3 rings (SSSR count). The molecule has 1 aromatic heterocycles. The molecule has 1 heterocycles. The van der Waals surface area contributed by atoms with Crippen molar-refractivity contribution in [1.82, 2.24) is 4.98 Å². The molecule has 1 N–H and O–H groups in total. The van der Waals surface area contributed by atoms with E-state index < -0.39 is 10.0 Å². The number of methoxy groups -OCH3 is 1. The number of sulfonamides is 1. The molecule has 0 saturated carbocycles. The second-order valence-corrected chi connectivity index (χ2v) is 7.88. The van der Waals surface area contributed by atoms with Crippen molar-refractivity contribution < 1.29 is 13.2 Å². The fourth-order valence-corrected chi connectivity index (χ4v) is 4.56. The van der Waals surface area contributed by atoms with Crippen molar-refractivity contribution in [1.29, 1.82) is 0 Å². The summed E-state index contributed by atoms with van der Waals surface area (Å²) in [6.07, 6.45) is 0. The molecule has 5 nitrogen and oxygen atoms in total. The van der Waals surface area contributed by atoms with E-state index in [-0.39, 0.29) is 4.90 Å². The lowest BCUT2D eigenvalue weighted by Gasteiger charge is -2.05. The molecule has 23 heavy (non-hydrogen) atoms. The smallest absolute Gasteiger partial charge is 0.263 e. The largest absolute Gasteiger partial charge is 0.494 e. The van der Waals surface area contributed by atoms with Crippen LogP contribution in [0.2, 0.25) is 0 Å².